The molecule has 1 aromatic carbocycles. The highest BCUT2D eigenvalue weighted by molar-refractivity contribution is 6.19. The Morgan fingerprint density at radius 3 is 2.37 bits per heavy atom. The van der Waals surface area contributed by atoms with Gasteiger partial charge in [0.05, 0.1) is 17.1 Å². The molecule has 2 rings (SSSR count). The van der Waals surface area contributed by atoms with Crippen molar-refractivity contribution in [2.75, 3.05) is 11.5 Å². The van der Waals surface area contributed by atoms with Crippen LogP contribution in [0.3, 0.4) is 0 Å². The molecule has 98 valence electrons. The van der Waals surface area contributed by atoms with E-state index in [4.69, 9.17) is 11.5 Å². The van der Waals surface area contributed by atoms with Crippen molar-refractivity contribution in [2.24, 2.45) is 4.99 Å². The third-order valence-electron chi connectivity index (χ3n) is 3.27. The predicted octanol–water partition coefficient (Wildman–Crippen LogP) is 2.63. The van der Waals surface area contributed by atoms with E-state index in [-0.39, 0.29) is 5.78 Å². The topological polar surface area (TPSA) is 81.5 Å². The van der Waals surface area contributed by atoms with Gasteiger partial charge in [-0.2, -0.15) is 0 Å². The third-order valence-corrected chi connectivity index (χ3v) is 3.27. The molecular weight excluding hydrogens is 238 g/mol. The Bertz CT molecular complexity index is 652. The maximum atomic E-state index is 11.4. The van der Waals surface area contributed by atoms with E-state index in [2.05, 4.69) is 4.99 Å². The number of allylic oxidation sites excluding steroid dienone is 4. The Hall–Kier alpha value is -2.36. The minimum Gasteiger partial charge on any atom is -0.398 e. The number of carbonyl (C=O) groups excluding carboxylic acids is 1. The van der Waals surface area contributed by atoms with Gasteiger partial charge < -0.3 is 11.5 Å². The van der Waals surface area contributed by atoms with Gasteiger partial charge >= 0.3 is 0 Å². The molecule has 0 atom stereocenters. The number of nitrogens with two attached hydrogens (primary N) is 2. The first-order valence-electron chi connectivity index (χ1n) is 6.04. The van der Waals surface area contributed by atoms with Crippen LogP contribution in [0, 0.1) is 13.8 Å². The van der Waals surface area contributed by atoms with Gasteiger partial charge in [-0.25, -0.2) is 4.99 Å². The summed E-state index contributed by atoms with van der Waals surface area (Å²) in [7, 11) is 0. The van der Waals surface area contributed by atoms with Crippen molar-refractivity contribution in [2.45, 2.75) is 20.8 Å². The Balaban J connectivity index is 2.51. The summed E-state index contributed by atoms with van der Waals surface area (Å²) in [5.41, 5.74) is 17.1. The van der Waals surface area contributed by atoms with Crippen molar-refractivity contribution in [1.29, 1.82) is 0 Å². The van der Waals surface area contributed by atoms with Crippen LogP contribution in [-0.4, -0.2) is 11.5 Å². The number of carbonyl (C=O) groups is 1. The predicted molar refractivity (Wildman–Crippen MR) is 79.7 cm³/mol. The fraction of sp³-hybridized carbons (Fsp3) is 0.200. The van der Waals surface area contributed by atoms with E-state index in [1.54, 1.807) is 19.1 Å². The molecule has 0 bridgehead atoms. The van der Waals surface area contributed by atoms with E-state index < -0.39 is 0 Å². The second-order valence-electron chi connectivity index (χ2n) is 4.73. The lowest BCUT2D eigenvalue weighted by atomic mass is 10.0. The van der Waals surface area contributed by atoms with Crippen molar-refractivity contribution in [1.82, 2.24) is 0 Å². The summed E-state index contributed by atoms with van der Waals surface area (Å²) in [6, 6.07) is 1.86. The molecule has 0 amide bonds. The summed E-state index contributed by atoms with van der Waals surface area (Å²) in [6.45, 7) is 5.57. The van der Waals surface area contributed by atoms with Gasteiger partial charge in [-0.1, -0.05) is 0 Å². The lowest BCUT2D eigenvalue weighted by molar-refractivity contribution is -0.111. The fourth-order valence-corrected chi connectivity index (χ4v) is 1.93. The van der Waals surface area contributed by atoms with Gasteiger partial charge in [0, 0.05) is 5.69 Å². The number of hydrogen-bond donors (Lipinski definition) is 2. The van der Waals surface area contributed by atoms with E-state index in [0.717, 1.165) is 11.1 Å². The molecule has 4 N–H and O–H groups in total. The lowest BCUT2D eigenvalue weighted by Gasteiger charge is -2.11. The number of nitrogens with zero attached hydrogens (tertiary/aromatic N) is 1. The summed E-state index contributed by atoms with van der Waals surface area (Å²) < 4.78 is 0. The van der Waals surface area contributed by atoms with Crippen LogP contribution >= 0.6 is 0 Å². The fourth-order valence-electron chi connectivity index (χ4n) is 1.93. The van der Waals surface area contributed by atoms with E-state index in [1.807, 2.05) is 19.9 Å². The number of nitrogen functional groups attached to an aromatic ring is 2. The van der Waals surface area contributed by atoms with Crippen LogP contribution in [0.2, 0.25) is 0 Å². The Morgan fingerprint density at radius 1 is 1.05 bits per heavy atom. The monoisotopic (exact) mass is 255 g/mol. The van der Waals surface area contributed by atoms with Gasteiger partial charge in [0.15, 0.2) is 5.78 Å². The maximum absolute atomic E-state index is 11.4. The van der Waals surface area contributed by atoms with Crippen LogP contribution in [0.5, 0.6) is 0 Å². The molecule has 0 spiro atoms. The number of ketones is 1. The standard InChI is InChI=1S/C15H17N3O/c1-8-6-11(4-5-13(8)19)18-12-7-9(2)14(16)10(3)15(12)17/h4-7H,16-17H2,1-3H3. The van der Waals surface area contributed by atoms with Gasteiger partial charge in [-0.15, -0.1) is 0 Å². The lowest BCUT2D eigenvalue weighted by Crippen LogP contribution is -2.05. The maximum Gasteiger partial charge on any atom is 0.181 e. The summed E-state index contributed by atoms with van der Waals surface area (Å²) in [6.07, 6.45) is 4.96. The van der Waals surface area contributed by atoms with Crippen molar-refractivity contribution in [3.05, 3.63) is 41.0 Å². The second kappa shape index (κ2) is 4.72. The van der Waals surface area contributed by atoms with Crippen LogP contribution in [0.1, 0.15) is 18.1 Å². The quantitative estimate of drug-likeness (QED) is 0.598. The van der Waals surface area contributed by atoms with E-state index in [1.165, 1.54) is 6.08 Å². The van der Waals surface area contributed by atoms with Gasteiger partial charge in [0.1, 0.15) is 0 Å². The number of aryl methyl sites for hydroxylation is 1. The average Bonchev–Trinajstić information content (AvgIpc) is 2.38. The molecule has 0 saturated carbocycles. The molecule has 0 unspecified atom stereocenters. The highest BCUT2D eigenvalue weighted by atomic mass is 16.1. The van der Waals surface area contributed by atoms with Crippen LogP contribution in [0.15, 0.2) is 34.9 Å². The summed E-state index contributed by atoms with van der Waals surface area (Å²) in [4.78, 5) is 15.8. The molecule has 19 heavy (non-hydrogen) atoms. The van der Waals surface area contributed by atoms with E-state index in [0.29, 0.717) is 28.3 Å². The molecule has 1 aliphatic rings. The van der Waals surface area contributed by atoms with Crippen molar-refractivity contribution >= 4 is 28.6 Å². The van der Waals surface area contributed by atoms with Gasteiger partial charge in [0.2, 0.25) is 0 Å². The number of anilines is 2. The van der Waals surface area contributed by atoms with Crippen LogP contribution < -0.4 is 11.5 Å². The third kappa shape index (κ3) is 2.42. The Kier molecular flexibility index (Phi) is 3.25. The zero-order valence-corrected chi connectivity index (χ0v) is 11.3. The molecule has 0 fully saturated rings. The first-order valence-corrected chi connectivity index (χ1v) is 6.04. The molecule has 0 aliphatic heterocycles. The molecular formula is C15H17N3O. The number of hydrogen-bond acceptors (Lipinski definition) is 4. The molecule has 0 radical (unpaired) electrons. The molecule has 0 heterocycles. The van der Waals surface area contributed by atoms with Gasteiger partial charge in [-0.05, 0) is 61.8 Å². The zero-order valence-electron chi connectivity index (χ0n) is 11.3. The molecule has 4 heteroatoms. The molecule has 0 saturated heterocycles. The molecule has 1 aliphatic carbocycles. The van der Waals surface area contributed by atoms with Crippen molar-refractivity contribution in [3.63, 3.8) is 0 Å². The second-order valence-corrected chi connectivity index (χ2v) is 4.73. The molecule has 4 nitrogen and oxygen atoms in total. The minimum atomic E-state index is 0.0107. The summed E-state index contributed by atoms with van der Waals surface area (Å²) >= 11 is 0. The zero-order chi connectivity index (χ0) is 14.2. The Labute approximate surface area is 112 Å². The largest absolute Gasteiger partial charge is 0.398 e. The van der Waals surface area contributed by atoms with Crippen LogP contribution in [0.25, 0.3) is 0 Å². The minimum absolute atomic E-state index is 0.0107. The SMILES string of the molecule is CC1=CC(=Nc2cc(C)c(N)c(C)c2N)C=CC1=O. The van der Waals surface area contributed by atoms with Crippen LogP contribution in [-0.2, 0) is 4.79 Å². The van der Waals surface area contributed by atoms with Crippen molar-refractivity contribution < 1.29 is 4.79 Å². The highest BCUT2D eigenvalue weighted by Crippen LogP contribution is 2.32. The normalized spacial score (nSPS) is 16.9. The molecule has 1 aromatic rings. The first kappa shape index (κ1) is 13.1. The van der Waals surface area contributed by atoms with Crippen molar-refractivity contribution in [3.8, 4) is 0 Å². The van der Waals surface area contributed by atoms with Gasteiger partial charge in [-0.3, -0.25) is 4.79 Å². The van der Waals surface area contributed by atoms with Crippen LogP contribution in [0.4, 0.5) is 17.1 Å². The molecule has 0 aromatic heterocycles. The average molecular weight is 255 g/mol. The highest BCUT2D eigenvalue weighted by Gasteiger charge is 2.10. The smallest absolute Gasteiger partial charge is 0.181 e. The summed E-state index contributed by atoms with van der Waals surface area (Å²) in [5.74, 6) is 0.0107. The van der Waals surface area contributed by atoms with E-state index >= 15 is 0 Å². The first-order chi connectivity index (χ1) is 8.90. The number of benzene rings is 1. The van der Waals surface area contributed by atoms with E-state index in [9.17, 15) is 4.79 Å². The summed E-state index contributed by atoms with van der Waals surface area (Å²) in [5, 5.41) is 0. The number of aliphatic imine (C=N–C) groups is 1. The number of rotatable bonds is 1. The van der Waals surface area contributed by atoms with Gasteiger partial charge in [0.25, 0.3) is 0 Å². The Morgan fingerprint density at radius 2 is 1.74 bits per heavy atom.